The molecule has 0 spiro atoms. The van der Waals surface area contributed by atoms with E-state index in [9.17, 15) is 9.90 Å². The first-order valence-corrected chi connectivity index (χ1v) is 7.73. The topological polar surface area (TPSA) is 63.3 Å². The van der Waals surface area contributed by atoms with Crippen molar-refractivity contribution in [3.8, 4) is 5.75 Å². The fourth-order valence-corrected chi connectivity index (χ4v) is 5.07. The van der Waals surface area contributed by atoms with Crippen LogP contribution in [-0.4, -0.2) is 16.4 Å². The molecule has 1 aromatic carbocycles. The van der Waals surface area contributed by atoms with Gasteiger partial charge in [-0.25, -0.2) is 0 Å². The second-order valence-electron chi connectivity index (χ2n) is 6.84. The number of Topliss-reactive ketones (excluding diaryl/α,β-unsaturated/α-hetero) is 1. The Labute approximate surface area is 119 Å². The molecule has 3 nitrogen and oxygen atoms in total. The maximum absolute atomic E-state index is 12.1. The number of aryl methyl sites for hydroxylation is 1. The first-order chi connectivity index (χ1) is 9.59. The van der Waals surface area contributed by atoms with Crippen LogP contribution in [0.2, 0.25) is 0 Å². The lowest BCUT2D eigenvalue weighted by molar-refractivity contribution is -0.124. The summed E-state index contributed by atoms with van der Waals surface area (Å²) in [6.07, 6.45) is 5.61. The monoisotopic (exact) mass is 271 g/mol. The molecule has 1 aromatic rings. The molecule has 3 aliphatic rings. The molecule has 2 fully saturated rings. The number of hydrogen-bond acceptors (Lipinski definition) is 3. The van der Waals surface area contributed by atoms with E-state index < -0.39 is 5.54 Å². The molecule has 0 radical (unpaired) electrons. The van der Waals surface area contributed by atoms with Gasteiger partial charge in [0.25, 0.3) is 0 Å². The van der Waals surface area contributed by atoms with Crippen molar-refractivity contribution in [2.45, 2.75) is 50.0 Å². The third kappa shape index (κ3) is 1.53. The molecule has 0 aliphatic heterocycles. The van der Waals surface area contributed by atoms with Crippen LogP contribution >= 0.6 is 0 Å². The zero-order valence-corrected chi connectivity index (χ0v) is 11.6. The van der Waals surface area contributed by atoms with E-state index in [0.717, 1.165) is 32.1 Å². The fourth-order valence-electron chi connectivity index (χ4n) is 5.07. The maximum atomic E-state index is 12.1. The predicted octanol–water partition coefficient (Wildman–Crippen LogP) is 2.51. The predicted molar refractivity (Wildman–Crippen MR) is 76.5 cm³/mol. The molecule has 0 aromatic heterocycles. The quantitative estimate of drug-likeness (QED) is 0.762. The van der Waals surface area contributed by atoms with Gasteiger partial charge in [-0.1, -0.05) is 6.07 Å². The molecule has 3 unspecified atom stereocenters. The fraction of sp³-hybridized carbons (Fsp3) is 0.588. The number of benzene rings is 1. The van der Waals surface area contributed by atoms with Gasteiger partial charge in [0.05, 0.1) is 5.54 Å². The summed E-state index contributed by atoms with van der Waals surface area (Å²) in [5, 5.41) is 9.65. The van der Waals surface area contributed by atoms with Crippen molar-refractivity contribution < 1.29 is 9.90 Å². The Morgan fingerprint density at radius 2 is 2.05 bits per heavy atom. The lowest BCUT2D eigenvalue weighted by atomic mass is 9.58. The first kappa shape index (κ1) is 12.4. The third-order valence-corrected chi connectivity index (χ3v) is 6.04. The minimum atomic E-state index is -0.532. The second kappa shape index (κ2) is 4.08. The van der Waals surface area contributed by atoms with Gasteiger partial charge >= 0.3 is 0 Å². The van der Waals surface area contributed by atoms with E-state index in [1.165, 1.54) is 11.1 Å². The van der Waals surface area contributed by atoms with Gasteiger partial charge in [-0.2, -0.15) is 0 Å². The molecule has 4 atom stereocenters. The van der Waals surface area contributed by atoms with Gasteiger partial charge in [0.2, 0.25) is 0 Å². The Bertz CT molecular complexity index is 582. The third-order valence-electron chi connectivity index (χ3n) is 6.04. The van der Waals surface area contributed by atoms with Crippen LogP contribution in [0.4, 0.5) is 0 Å². The smallest absolute Gasteiger partial charge is 0.152 e. The molecule has 20 heavy (non-hydrogen) atoms. The largest absolute Gasteiger partial charge is 0.508 e. The summed E-state index contributed by atoms with van der Waals surface area (Å²) in [6, 6.07) is 5.79. The summed E-state index contributed by atoms with van der Waals surface area (Å²) >= 11 is 0. The number of hydrogen-bond donors (Lipinski definition) is 2. The standard InChI is InChI=1S/C17H21NO2/c18-17-8-7-13-12-4-2-11(19)9-10(12)1-3-14(13)15(17)5-6-16(17)20/h2,4,9,13-15,19H,1,3,5-8,18H2/t13?,14?,15?,17-/m1/s1. The van der Waals surface area contributed by atoms with E-state index in [2.05, 4.69) is 6.07 Å². The van der Waals surface area contributed by atoms with Gasteiger partial charge in [0.15, 0.2) is 5.78 Å². The van der Waals surface area contributed by atoms with Crippen LogP contribution in [0, 0.1) is 11.8 Å². The molecule has 3 heteroatoms. The first-order valence-electron chi connectivity index (χ1n) is 7.73. The molecular formula is C17H21NO2. The van der Waals surface area contributed by atoms with E-state index in [1.54, 1.807) is 6.07 Å². The van der Waals surface area contributed by atoms with Crippen LogP contribution in [0.25, 0.3) is 0 Å². The zero-order chi connectivity index (χ0) is 13.9. The second-order valence-corrected chi connectivity index (χ2v) is 6.84. The van der Waals surface area contributed by atoms with Crippen LogP contribution in [0.5, 0.6) is 5.75 Å². The zero-order valence-electron chi connectivity index (χ0n) is 11.6. The minimum Gasteiger partial charge on any atom is -0.508 e. The van der Waals surface area contributed by atoms with E-state index >= 15 is 0 Å². The minimum absolute atomic E-state index is 0.289. The van der Waals surface area contributed by atoms with E-state index in [1.807, 2.05) is 6.07 Å². The summed E-state index contributed by atoms with van der Waals surface area (Å²) in [7, 11) is 0. The van der Waals surface area contributed by atoms with Crippen LogP contribution in [0.3, 0.4) is 0 Å². The molecule has 0 saturated heterocycles. The number of carbonyl (C=O) groups is 1. The van der Waals surface area contributed by atoms with Crippen LogP contribution in [0.15, 0.2) is 18.2 Å². The molecule has 0 amide bonds. The highest BCUT2D eigenvalue weighted by Gasteiger charge is 2.55. The van der Waals surface area contributed by atoms with Crippen molar-refractivity contribution in [1.82, 2.24) is 0 Å². The van der Waals surface area contributed by atoms with Crippen molar-refractivity contribution in [3.63, 3.8) is 0 Å². The molecule has 0 heterocycles. The van der Waals surface area contributed by atoms with E-state index in [0.29, 0.717) is 29.9 Å². The van der Waals surface area contributed by atoms with Gasteiger partial charge in [-0.05, 0) is 73.1 Å². The van der Waals surface area contributed by atoms with Gasteiger partial charge in [-0.15, -0.1) is 0 Å². The Morgan fingerprint density at radius 3 is 2.90 bits per heavy atom. The maximum Gasteiger partial charge on any atom is 0.152 e. The van der Waals surface area contributed by atoms with Crippen molar-refractivity contribution in [2.75, 3.05) is 0 Å². The SMILES string of the molecule is N[C@]12CCC3c4ccc(O)cc4CCC3C1CCC2=O. The highest BCUT2D eigenvalue weighted by Crippen LogP contribution is 2.55. The summed E-state index contributed by atoms with van der Waals surface area (Å²) in [5.41, 5.74) is 8.62. The Hall–Kier alpha value is -1.35. The normalized spacial score (nSPS) is 39.0. The van der Waals surface area contributed by atoms with Gasteiger partial charge < -0.3 is 10.8 Å². The van der Waals surface area contributed by atoms with E-state index in [4.69, 9.17) is 5.73 Å². The van der Waals surface area contributed by atoms with Crippen LogP contribution in [0.1, 0.15) is 49.1 Å². The van der Waals surface area contributed by atoms with Crippen molar-refractivity contribution in [1.29, 1.82) is 0 Å². The summed E-state index contributed by atoms with van der Waals surface area (Å²) in [5.74, 6) is 2.11. The lowest BCUT2D eigenvalue weighted by Crippen LogP contribution is -2.56. The molecule has 2 saturated carbocycles. The molecule has 4 rings (SSSR count). The number of ketones is 1. The average Bonchev–Trinajstić information content (AvgIpc) is 2.74. The number of rotatable bonds is 0. The molecule has 3 aliphatic carbocycles. The highest BCUT2D eigenvalue weighted by molar-refractivity contribution is 5.91. The number of phenols is 1. The Kier molecular flexibility index (Phi) is 2.53. The van der Waals surface area contributed by atoms with Crippen LogP contribution in [-0.2, 0) is 11.2 Å². The lowest BCUT2D eigenvalue weighted by Gasteiger charge is -2.48. The van der Waals surface area contributed by atoms with Crippen LogP contribution < -0.4 is 5.73 Å². The summed E-state index contributed by atoms with van der Waals surface area (Å²) < 4.78 is 0. The number of fused-ring (bicyclic) bond motifs is 5. The summed E-state index contributed by atoms with van der Waals surface area (Å²) in [4.78, 5) is 12.1. The molecule has 106 valence electrons. The van der Waals surface area contributed by atoms with Gasteiger partial charge in [0.1, 0.15) is 5.75 Å². The Morgan fingerprint density at radius 1 is 1.20 bits per heavy atom. The number of nitrogens with two attached hydrogens (primary N) is 1. The average molecular weight is 271 g/mol. The number of aromatic hydroxyl groups is 1. The van der Waals surface area contributed by atoms with Gasteiger partial charge in [0, 0.05) is 6.42 Å². The Balaban J connectivity index is 1.73. The highest BCUT2D eigenvalue weighted by atomic mass is 16.3. The number of carbonyl (C=O) groups excluding carboxylic acids is 1. The van der Waals surface area contributed by atoms with Crippen molar-refractivity contribution in [2.24, 2.45) is 17.6 Å². The van der Waals surface area contributed by atoms with Gasteiger partial charge in [-0.3, -0.25) is 4.79 Å². The molecule has 0 bridgehead atoms. The van der Waals surface area contributed by atoms with Crippen molar-refractivity contribution >= 4 is 5.78 Å². The van der Waals surface area contributed by atoms with E-state index in [-0.39, 0.29) is 5.78 Å². The molecular weight excluding hydrogens is 250 g/mol. The number of phenolic OH excluding ortho intramolecular Hbond substituents is 1. The summed E-state index contributed by atoms with van der Waals surface area (Å²) in [6.45, 7) is 0. The molecule has 3 N–H and O–H groups in total. The van der Waals surface area contributed by atoms with Crippen molar-refractivity contribution in [3.05, 3.63) is 29.3 Å².